The molecular weight excluding hydrogens is 193 g/mol. The molecule has 1 rings (SSSR count). The first-order valence-corrected chi connectivity index (χ1v) is 3.36. The number of rotatable bonds is 1. The summed E-state index contributed by atoms with van der Waals surface area (Å²) in [5.74, 6) is 0.0809. The standard InChI is InChI=1S/C7H4ClF3O/c8-6(7(9,10)11)4-5-2-1-3-12-5/h1-4H. The molecule has 0 unspecified atom stereocenters. The van der Waals surface area contributed by atoms with Crippen molar-refractivity contribution in [3.8, 4) is 0 Å². The van der Waals surface area contributed by atoms with Crippen molar-refractivity contribution >= 4 is 17.7 Å². The van der Waals surface area contributed by atoms with E-state index in [2.05, 4.69) is 4.42 Å². The lowest BCUT2D eigenvalue weighted by molar-refractivity contribution is -0.0837. The highest BCUT2D eigenvalue weighted by Crippen LogP contribution is 2.30. The molecule has 0 saturated carbocycles. The van der Waals surface area contributed by atoms with Gasteiger partial charge < -0.3 is 4.42 Å². The summed E-state index contributed by atoms with van der Waals surface area (Å²) in [7, 11) is 0. The average molecular weight is 197 g/mol. The van der Waals surface area contributed by atoms with Crippen molar-refractivity contribution in [2.75, 3.05) is 0 Å². The molecule has 0 N–H and O–H groups in total. The van der Waals surface area contributed by atoms with Gasteiger partial charge in [0.15, 0.2) is 0 Å². The van der Waals surface area contributed by atoms with Crippen molar-refractivity contribution in [2.45, 2.75) is 6.18 Å². The van der Waals surface area contributed by atoms with Crippen LogP contribution in [0.15, 0.2) is 27.8 Å². The van der Waals surface area contributed by atoms with Crippen LogP contribution in [0.3, 0.4) is 0 Å². The second-order valence-corrected chi connectivity index (χ2v) is 2.41. The maximum Gasteiger partial charge on any atom is 0.427 e. The first-order valence-electron chi connectivity index (χ1n) is 2.98. The van der Waals surface area contributed by atoms with E-state index in [4.69, 9.17) is 11.6 Å². The molecule has 1 heterocycles. The van der Waals surface area contributed by atoms with Crippen molar-refractivity contribution in [3.63, 3.8) is 0 Å². The largest absolute Gasteiger partial charge is 0.465 e. The SMILES string of the molecule is FC(F)(F)C(Cl)=Cc1ccco1. The third-order valence-electron chi connectivity index (χ3n) is 1.08. The molecule has 0 radical (unpaired) electrons. The van der Waals surface area contributed by atoms with Gasteiger partial charge in [-0.2, -0.15) is 13.2 Å². The van der Waals surface area contributed by atoms with E-state index in [-0.39, 0.29) is 5.76 Å². The van der Waals surface area contributed by atoms with E-state index in [0.717, 1.165) is 6.08 Å². The zero-order valence-electron chi connectivity index (χ0n) is 5.73. The molecule has 66 valence electrons. The number of hydrogen-bond acceptors (Lipinski definition) is 1. The summed E-state index contributed by atoms with van der Waals surface area (Å²) in [6.45, 7) is 0. The van der Waals surface area contributed by atoms with Gasteiger partial charge in [-0.05, 0) is 12.1 Å². The molecule has 0 saturated heterocycles. The zero-order chi connectivity index (χ0) is 9.19. The summed E-state index contributed by atoms with van der Waals surface area (Å²) in [6.07, 6.45) is -2.51. The minimum atomic E-state index is -4.51. The molecule has 1 aromatic heterocycles. The summed E-state index contributed by atoms with van der Waals surface area (Å²) >= 11 is 4.92. The normalized spacial score (nSPS) is 13.5. The Morgan fingerprint density at radius 1 is 1.50 bits per heavy atom. The molecule has 0 amide bonds. The van der Waals surface area contributed by atoms with Crippen LogP contribution in [0.5, 0.6) is 0 Å². The highest BCUT2D eigenvalue weighted by atomic mass is 35.5. The topological polar surface area (TPSA) is 13.1 Å². The Balaban J connectivity index is 2.84. The fourth-order valence-corrected chi connectivity index (χ4v) is 0.688. The fourth-order valence-electron chi connectivity index (χ4n) is 0.580. The molecule has 1 nitrogen and oxygen atoms in total. The molecule has 12 heavy (non-hydrogen) atoms. The minimum absolute atomic E-state index is 0.0809. The van der Waals surface area contributed by atoms with Crippen molar-refractivity contribution in [1.82, 2.24) is 0 Å². The summed E-state index contributed by atoms with van der Waals surface area (Å²) in [5.41, 5.74) is 0. The van der Waals surface area contributed by atoms with Crippen LogP contribution >= 0.6 is 11.6 Å². The Bertz CT molecular complexity index is 273. The molecular formula is C7H4ClF3O. The number of hydrogen-bond donors (Lipinski definition) is 0. The first kappa shape index (κ1) is 9.19. The van der Waals surface area contributed by atoms with Gasteiger partial charge in [0.05, 0.1) is 6.26 Å². The molecule has 0 aliphatic heterocycles. The van der Waals surface area contributed by atoms with Gasteiger partial charge in [-0.15, -0.1) is 0 Å². The van der Waals surface area contributed by atoms with Gasteiger partial charge in [0, 0.05) is 6.08 Å². The zero-order valence-corrected chi connectivity index (χ0v) is 6.49. The Hall–Kier alpha value is -0.900. The minimum Gasteiger partial charge on any atom is -0.465 e. The fraction of sp³-hybridized carbons (Fsp3) is 0.143. The number of allylic oxidation sites excluding steroid dienone is 1. The van der Waals surface area contributed by atoms with Crippen LogP contribution < -0.4 is 0 Å². The van der Waals surface area contributed by atoms with Crippen LogP contribution in [0.4, 0.5) is 13.2 Å². The van der Waals surface area contributed by atoms with Gasteiger partial charge in [0.25, 0.3) is 0 Å². The van der Waals surface area contributed by atoms with Gasteiger partial charge in [-0.1, -0.05) is 11.6 Å². The maximum atomic E-state index is 11.8. The van der Waals surface area contributed by atoms with Crippen LogP contribution in [0.2, 0.25) is 0 Å². The Morgan fingerprint density at radius 3 is 2.58 bits per heavy atom. The van der Waals surface area contributed by atoms with Gasteiger partial charge in [0.1, 0.15) is 10.8 Å². The van der Waals surface area contributed by atoms with Crippen LogP contribution in [-0.2, 0) is 0 Å². The molecule has 0 aliphatic rings. The maximum absolute atomic E-state index is 11.8. The quantitative estimate of drug-likeness (QED) is 0.671. The molecule has 0 spiro atoms. The van der Waals surface area contributed by atoms with E-state index in [1.165, 1.54) is 18.4 Å². The van der Waals surface area contributed by atoms with E-state index in [1.807, 2.05) is 0 Å². The lowest BCUT2D eigenvalue weighted by Gasteiger charge is -2.01. The average Bonchev–Trinajstić information content (AvgIpc) is 2.37. The monoisotopic (exact) mass is 196 g/mol. The molecule has 0 atom stereocenters. The van der Waals surface area contributed by atoms with E-state index in [1.54, 1.807) is 0 Å². The lowest BCUT2D eigenvalue weighted by atomic mass is 10.4. The molecule has 5 heteroatoms. The summed E-state index contributed by atoms with van der Waals surface area (Å²) < 4.78 is 40.0. The molecule has 0 fully saturated rings. The van der Waals surface area contributed by atoms with Crippen LogP contribution in [0.1, 0.15) is 5.76 Å². The van der Waals surface area contributed by atoms with Crippen molar-refractivity contribution in [1.29, 1.82) is 0 Å². The Kier molecular flexibility index (Phi) is 2.47. The molecule has 0 aliphatic carbocycles. The summed E-state index contributed by atoms with van der Waals surface area (Å²) in [6, 6.07) is 2.86. The highest BCUT2D eigenvalue weighted by Gasteiger charge is 2.32. The first-order chi connectivity index (χ1) is 5.50. The van der Waals surface area contributed by atoms with E-state index >= 15 is 0 Å². The predicted molar refractivity (Wildman–Crippen MR) is 38.6 cm³/mol. The van der Waals surface area contributed by atoms with Gasteiger partial charge in [-0.3, -0.25) is 0 Å². The van der Waals surface area contributed by atoms with Crippen LogP contribution in [0, 0.1) is 0 Å². The smallest absolute Gasteiger partial charge is 0.427 e. The van der Waals surface area contributed by atoms with Gasteiger partial charge >= 0.3 is 6.18 Å². The lowest BCUT2D eigenvalue weighted by Crippen LogP contribution is -2.06. The van der Waals surface area contributed by atoms with Crippen molar-refractivity contribution in [3.05, 3.63) is 29.2 Å². The van der Waals surface area contributed by atoms with Crippen molar-refractivity contribution in [2.24, 2.45) is 0 Å². The summed E-state index contributed by atoms with van der Waals surface area (Å²) in [4.78, 5) is 0. The highest BCUT2D eigenvalue weighted by molar-refractivity contribution is 6.32. The number of alkyl halides is 3. The number of furan rings is 1. The van der Waals surface area contributed by atoms with Crippen LogP contribution in [0.25, 0.3) is 6.08 Å². The van der Waals surface area contributed by atoms with E-state index < -0.39 is 11.2 Å². The third kappa shape index (κ3) is 2.30. The molecule has 0 aromatic carbocycles. The Labute approximate surface area is 71.4 Å². The number of halogens is 4. The molecule has 0 bridgehead atoms. The van der Waals surface area contributed by atoms with Gasteiger partial charge in [0.2, 0.25) is 0 Å². The van der Waals surface area contributed by atoms with Crippen LogP contribution in [-0.4, -0.2) is 6.18 Å². The predicted octanol–water partition coefficient (Wildman–Crippen LogP) is 3.42. The third-order valence-corrected chi connectivity index (χ3v) is 1.41. The van der Waals surface area contributed by atoms with Gasteiger partial charge in [-0.25, -0.2) is 0 Å². The second-order valence-electron chi connectivity index (χ2n) is 2.01. The Morgan fingerprint density at radius 2 is 2.17 bits per heavy atom. The molecule has 1 aromatic rings. The second kappa shape index (κ2) is 3.23. The summed E-state index contributed by atoms with van der Waals surface area (Å²) in [5, 5.41) is -1.20. The van der Waals surface area contributed by atoms with E-state index in [9.17, 15) is 13.2 Å². The van der Waals surface area contributed by atoms with E-state index in [0.29, 0.717) is 0 Å². The van der Waals surface area contributed by atoms with Crippen molar-refractivity contribution < 1.29 is 17.6 Å².